The summed E-state index contributed by atoms with van der Waals surface area (Å²) in [5, 5.41) is 3.98. The van der Waals surface area contributed by atoms with E-state index in [4.69, 9.17) is 16.6 Å². The Morgan fingerprint density at radius 3 is 2.61 bits per heavy atom. The molecule has 1 fully saturated rings. The van der Waals surface area contributed by atoms with Crippen LogP contribution >= 0.6 is 34.3 Å². The maximum absolute atomic E-state index is 13.4. The van der Waals surface area contributed by atoms with Crippen LogP contribution in [-0.4, -0.2) is 38.8 Å². The molecular weight excluding hydrogens is 476 g/mol. The fraction of sp³-hybridized carbons (Fsp3) is 0.250. The fourth-order valence-corrected chi connectivity index (χ4v) is 5.87. The van der Waals surface area contributed by atoms with Gasteiger partial charge >= 0.3 is 0 Å². The molecule has 1 aromatic carbocycles. The number of nitrogens with zero attached hydrogens (tertiary/aromatic N) is 3. The lowest BCUT2D eigenvalue weighted by Gasteiger charge is -2.17. The van der Waals surface area contributed by atoms with Crippen molar-refractivity contribution in [2.75, 3.05) is 13.1 Å². The second-order valence-electron chi connectivity index (χ2n) is 8.02. The summed E-state index contributed by atoms with van der Waals surface area (Å²) in [5.41, 5.74) is 2.66. The quantitative estimate of drug-likeness (QED) is 0.376. The number of hydrogen-bond acceptors (Lipinski definition) is 6. The number of hydrogen-bond donors (Lipinski definition) is 1. The minimum absolute atomic E-state index is 0.138. The number of carbonyl (C=O) groups is 1. The monoisotopic (exact) mass is 496 g/mol. The summed E-state index contributed by atoms with van der Waals surface area (Å²) in [4.78, 5) is 42.1. The van der Waals surface area contributed by atoms with Crippen molar-refractivity contribution in [2.24, 2.45) is 0 Å². The van der Waals surface area contributed by atoms with Crippen molar-refractivity contribution in [2.45, 2.75) is 26.7 Å². The summed E-state index contributed by atoms with van der Waals surface area (Å²) in [7, 11) is 0. The number of carbonyl (C=O) groups excluding carboxylic acids is 1. The van der Waals surface area contributed by atoms with E-state index in [9.17, 15) is 9.59 Å². The second kappa shape index (κ2) is 8.85. The average molecular weight is 497 g/mol. The van der Waals surface area contributed by atoms with Crippen molar-refractivity contribution < 1.29 is 4.79 Å². The number of fused-ring (bicyclic) bond motifs is 1. The van der Waals surface area contributed by atoms with E-state index in [2.05, 4.69) is 9.97 Å². The first-order valence-electron chi connectivity index (χ1n) is 10.6. The van der Waals surface area contributed by atoms with Crippen LogP contribution in [0.3, 0.4) is 0 Å². The summed E-state index contributed by atoms with van der Waals surface area (Å²) in [6, 6.07) is 7.48. The van der Waals surface area contributed by atoms with Gasteiger partial charge < -0.3 is 9.88 Å². The van der Waals surface area contributed by atoms with Gasteiger partial charge in [0.25, 0.3) is 11.5 Å². The molecular formula is C24H21ClN4O2S2. The maximum atomic E-state index is 13.4. The van der Waals surface area contributed by atoms with Gasteiger partial charge in [-0.2, -0.15) is 0 Å². The highest BCUT2D eigenvalue weighted by Gasteiger charge is 2.25. The molecule has 1 saturated heterocycles. The van der Waals surface area contributed by atoms with Crippen LogP contribution in [0.25, 0.3) is 32.4 Å². The van der Waals surface area contributed by atoms with E-state index in [-0.39, 0.29) is 17.3 Å². The SMILES string of the molecule is Cc1sc2nc(C(=Cc3csc(-c4ccc(Cl)cc4)n3)C(=O)N3CCCC3)[nH]c(=O)c2c1C. The van der Waals surface area contributed by atoms with E-state index < -0.39 is 0 Å². The van der Waals surface area contributed by atoms with E-state index in [0.29, 0.717) is 39.6 Å². The van der Waals surface area contributed by atoms with Crippen molar-refractivity contribution >= 4 is 62.0 Å². The number of benzene rings is 1. The number of thiophene rings is 1. The second-order valence-corrected chi connectivity index (χ2v) is 10.5. The summed E-state index contributed by atoms with van der Waals surface area (Å²) >= 11 is 8.96. The van der Waals surface area contributed by atoms with Crippen LogP contribution in [0.5, 0.6) is 0 Å². The first kappa shape index (κ1) is 22.0. The number of H-pyrrole nitrogens is 1. The summed E-state index contributed by atoms with van der Waals surface area (Å²) in [5.74, 6) is 0.146. The minimum atomic E-state index is -0.225. The van der Waals surface area contributed by atoms with E-state index >= 15 is 0 Å². The Labute approximate surface area is 203 Å². The summed E-state index contributed by atoms with van der Waals surface area (Å²) in [6.45, 7) is 5.30. The highest BCUT2D eigenvalue weighted by Crippen LogP contribution is 2.30. The molecule has 168 valence electrons. The zero-order valence-corrected chi connectivity index (χ0v) is 20.5. The predicted molar refractivity (Wildman–Crippen MR) is 136 cm³/mol. The van der Waals surface area contributed by atoms with Gasteiger partial charge in [-0.05, 0) is 50.5 Å². The molecule has 4 heterocycles. The highest BCUT2D eigenvalue weighted by atomic mass is 35.5. The molecule has 1 N–H and O–H groups in total. The number of nitrogens with one attached hydrogen (secondary N) is 1. The third kappa shape index (κ3) is 4.26. The van der Waals surface area contributed by atoms with Gasteiger partial charge in [0.2, 0.25) is 0 Å². The molecule has 0 aliphatic carbocycles. The molecule has 0 bridgehead atoms. The maximum Gasteiger partial charge on any atom is 0.260 e. The van der Waals surface area contributed by atoms with Gasteiger partial charge in [0.15, 0.2) is 0 Å². The molecule has 0 saturated carbocycles. The summed E-state index contributed by atoms with van der Waals surface area (Å²) in [6.07, 6.45) is 3.68. The molecule has 5 rings (SSSR count). The Bertz CT molecular complexity index is 1440. The molecule has 1 aliphatic heterocycles. The fourth-order valence-electron chi connectivity index (χ4n) is 3.93. The number of aryl methyl sites for hydroxylation is 2. The van der Waals surface area contributed by atoms with Crippen LogP contribution < -0.4 is 5.56 Å². The van der Waals surface area contributed by atoms with Gasteiger partial charge in [0.1, 0.15) is 15.7 Å². The van der Waals surface area contributed by atoms with Crippen molar-refractivity contribution in [3.05, 3.63) is 67.0 Å². The van der Waals surface area contributed by atoms with Gasteiger partial charge in [-0.1, -0.05) is 23.7 Å². The van der Waals surface area contributed by atoms with Crippen molar-refractivity contribution in [3.8, 4) is 10.6 Å². The molecule has 0 spiro atoms. The van der Waals surface area contributed by atoms with Crippen LogP contribution in [0.4, 0.5) is 0 Å². The predicted octanol–water partition coefficient (Wildman–Crippen LogP) is 5.54. The van der Waals surface area contributed by atoms with Gasteiger partial charge in [0.05, 0.1) is 16.7 Å². The molecule has 0 radical (unpaired) electrons. The Balaban J connectivity index is 1.60. The lowest BCUT2D eigenvalue weighted by Crippen LogP contribution is -2.29. The Kier molecular flexibility index (Phi) is 5.90. The van der Waals surface area contributed by atoms with Crippen molar-refractivity contribution in [1.82, 2.24) is 19.9 Å². The normalized spacial score (nSPS) is 14.4. The molecule has 4 aromatic rings. The summed E-state index contributed by atoms with van der Waals surface area (Å²) < 4.78 is 0. The first-order valence-corrected chi connectivity index (χ1v) is 12.7. The molecule has 6 nitrogen and oxygen atoms in total. The lowest BCUT2D eigenvalue weighted by atomic mass is 10.1. The zero-order valence-electron chi connectivity index (χ0n) is 18.1. The van der Waals surface area contributed by atoms with Crippen LogP contribution in [0.1, 0.15) is 34.8 Å². The number of aromatic nitrogens is 3. The minimum Gasteiger partial charge on any atom is -0.339 e. The zero-order chi connectivity index (χ0) is 23.1. The molecule has 3 aromatic heterocycles. The molecule has 0 unspecified atom stereocenters. The molecule has 9 heteroatoms. The number of halogens is 1. The van der Waals surface area contributed by atoms with Gasteiger partial charge in [-0.25, -0.2) is 9.97 Å². The number of thiazole rings is 1. The first-order chi connectivity index (χ1) is 15.9. The van der Waals surface area contributed by atoms with E-state index in [1.54, 1.807) is 6.08 Å². The number of aromatic amines is 1. The third-order valence-electron chi connectivity index (χ3n) is 5.82. The van der Waals surface area contributed by atoms with E-state index in [1.165, 1.54) is 22.7 Å². The number of likely N-dealkylation sites (tertiary alicyclic amines) is 1. The van der Waals surface area contributed by atoms with E-state index in [1.807, 2.05) is 48.4 Å². The van der Waals surface area contributed by atoms with Crippen LogP contribution in [-0.2, 0) is 4.79 Å². The molecule has 1 amide bonds. The smallest absolute Gasteiger partial charge is 0.260 e. The van der Waals surface area contributed by atoms with Crippen molar-refractivity contribution in [1.29, 1.82) is 0 Å². The molecule has 33 heavy (non-hydrogen) atoms. The standard InChI is InChI=1S/C24H21ClN4O2S2/c1-13-14(2)33-23-19(13)21(30)27-20(28-23)18(24(31)29-9-3-4-10-29)11-17-12-32-22(26-17)15-5-7-16(25)8-6-15/h5-8,11-12H,3-4,9-10H2,1-2H3,(H,27,28,30). The Morgan fingerprint density at radius 1 is 1.15 bits per heavy atom. The Hall–Kier alpha value is -2.81. The topological polar surface area (TPSA) is 79.0 Å². The average Bonchev–Trinajstić information content (AvgIpc) is 3.54. The third-order valence-corrected chi connectivity index (χ3v) is 8.09. The van der Waals surface area contributed by atoms with E-state index in [0.717, 1.165) is 33.9 Å². The van der Waals surface area contributed by atoms with Crippen LogP contribution in [0.2, 0.25) is 5.02 Å². The van der Waals surface area contributed by atoms with Gasteiger partial charge in [-0.3, -0.25) is 9.59 Å². The largest absolute Gasteiger partial charge is 0.339 e. The lowest BCUT2D eigenvalue weighted by molar-refractivity contribution is -0.123. The highest BCUT2D eigenvalue weighted by molar-refractivity contribution is 7.18. The molecule has 0 atom stereocenters. The van der Waals surface area contributed by atoms with Crippen LogP contribution in [0.15, 0.2) is 34.4 Å². The van der Waals surface area contributed by atoms with Crippen molar-refractivity contribution in [3.63, 3.8) is 0 Å². The number of rotatable bonds is 4. The van der Waals surface area contributed by atoms with Crippen LogP contribution in [0, 0.1) is 13.8 Å². The number of amides is 1. The van der Waals surface area contributed by atoms with Gasteiger partial charge in [0, 0.05) is 33.9 Å². The molecule has 1 aliphatic rings. The van der Waals surface area contributed by atoms with Gasteiger partial charge in [-0.15, -0.1) is 22.7 Å². The Morgan fingerprint density at radius 2 is 1.88 bits per heavy atom.